The van der Waals surface area contributed by atoms with Crippen LogP contribution in [0.25, 0.3) is 28.2 Å². The van der Waals surface area contributed by atoms with Crippen LogP contribution in [-0.4, -0.2) is 54.4 Å². The van der Waals surface area contributed by atoms with Gasteiger partial charge in [0.2, 0.25) is 0 Å². The van der Waals surface area contributed by atoms with Crippen molar-refractivity contribution in [2.75, 3.05) is 38.2 Å². The van der Waals surface area contributed by atoms with Gasteiger partial charge in [-0.25, -0.2) is 9.78 Å². The van der Waals surface area contributed by atoms with Crippen molar-refractivity contribution in [3.05, 3.63) is 48.3 Å². The predicted molar refractivity (Wildman–Crippen MR) is 113 cm³/mol. The average Bonchev–Trinajstić information content (AvgIpc) is 3.15. The van der Waals surface area contributed by atoms with Crippen molar-refractivity contribution in [2.24, 2.45) is 0 Å². The molecular weight excluding hydrogens is 378 g/mol. The molecular formula is C20H22ClN5O2. The minimum absolute atomic E-state index is 0. The number of H-pyrrole nitrogens is 1. The van der Waals surface area contributed by atoms with Crippen LogP contribution in [-0.2, 0) is 9.53 Å². The van der Waals surface area contributed by atoms with Crippen LogP contribution in [0.2, 0.25) is 0 Å². The topological polar surface area (TPSA) is 83.1 Å². The number of esters is 1. The summed E-state index contributed by atoms with van der Waals surface area (Å²) in [6.45, 7) is 3.63. The quantitative estimate of drug-likeness (QED) is 0.518. The summed E-state index contributed by atoms with van der Waals surface area (Å²) in [6, 6.07) is 10.2. The molecule has 2 N–H and O–H groups in total. The molecule has 0 atom stereocenters. The summed E-state index contributed by atoms with van der Waals surface area (Å²) < 4.78 is 4.71. The van der Waals surface area contributed by atoms with E-state index in [9.17, 15) is 4.79 Å². The first-order valence-corrected chi connectivity index (χ1v) is 8.92. The fourth-order valence-corrected chi connectivity index (χ4v) is 3.38. The van der Waals surface area contributed by atoms with Crippen molar-refractivity contribution in [1.82, 2.24) is 20.5 Å². The summed E-state index contributed by atoms with van der Waals surface area (Å²) in [5.74, 6) is -0.409. The highest BCUT2D eigenvalue weighted by molar-refractivity contribution is 6.03. The van der Waals surface area contributed by atoms with Gasteiger partial charge in [0.1, 0.15) is 0 Å². The van der Waals surface area contributed by atoms with Gasteiger partial charge in [-0.05, 0) is 11.6 Å². The molecule has 28 heavy (non-hydrogen) atoms. The van der Waals surface area contributed by atoms with Crippen molar-refractivity contribution < 1.29 is 9.53 Å². The number of nitrogens with one attached hydrogen (secondary N) is 2. The zero-order valence-electron chi connectivity index (χ0n) is 15.5. The monoisotopic (exact) mass is 399 g/mol. The van der Waals surface area contributed by atoms with E-state index in [0.29, 0.717) is 5.65 Å². The van der Waals surface area contributed by atoms with Crippen LogP contribution in [0.5, 0.6) is 0 Å². The Morgan fingerprint density at radius 1 is 1.21 bits per heavy atom. The Bertz CT molecular complexity index is 981. The van der Waals surface area contributed by atoms with Gasteiger partial charge in [-0.3, -0.25) is 5.10 Å². The first kappa shape index (κ1) is 19.9. The van der Waals surface area contributed by atoms with Crippen LogP contribution in [0.4, 0.5) is 5.69 Å². The van der Waals surface area contributed by atoms with Gasteiger partial charge in [-0.1, -0.05) is 30.3 Å². The number of fused-ring (bicyclic) bond motifs is 1. The van der Waals surface area contributed by atoms with E-state index in [2.05, 4.69) is 37.5 Å². The summed E-state index contributed by atoms with van der Waals surface area (Å²) in [6.07, 6.45) is 4.97. The van der Waals surface area contributed by atoms with Gasteiger partial charge in [-0.2, -0.15) is 5.10 Å². The molecule has 0 spiro atoms. The number of ether oxygens (including phenoxy) is 1. The number of rotatable bonds is 4. The zero-order chi connectivity index (χ0) is 18.6. The van der Waals surface area contributed by atoms with Crippen molar-refractivity contribution >= 4 is 41.2 Å². The Morgan fingerprint density at radius 3 is 2.68 bits per heavy atom. The maximum atomic E-state index is 11.5. The van der Waals surface area contributed by atoms with Gasteiger partial charge >= 0.3 is 5.97 Å². The average molecular weight is 400 g/mol. The number of methoxy groups -OCH3 is 1. The highest BCUT2D eigenvalue weighted by atomic mass is 35.5. The van der Waals surface area contributed by atoms with Crippen LogP contribution >= 0.6 is 12.4 Å². The first-order valence-electron chi connectivity index (χ1n) is 8.92. The van der Waals surface area contributed by atoms with Gasteiger partial charge in [0.15, 0.2) is 5.65 Å². The molecule has 1 aromatic carbocycles. The van der Waals surface area contributed by atoms with Crippen molar-refractivity contribution in [3.8, 4) is 11.1 Å². The Balaban J connectivity index is 0.00000225. The number of pyridine rings is 1. The second-order valence-electron chi connectivity index (χ2n) is 6.32. The maximum Gasteiger partial charge on any atom is 0.330 e. The van der Waals surface area contributed by atoms with Crippen LogP contribution in [0.15, 0.2) is 42.6 Å². The summed E-state index contributed by atoms with van der Waals surface area (Å²) in [7, 11) is 1.36. The normalized spacial score (nSPS) is 14.2. The molecule has 1 fully saturated rings. The third kappa shape index (κ3) is 3.85. The fraction of sp³-hybridized carbons (Fsp3) is 0.250. The molecule has 1 aliphatic rings. The van der Waals surface area contributed by atoms with E-state index >= 15 is 0 Å². The minimum atomic E-state index is -0.409. The van der Waals surface area contributed by atoms with E-state index in [-0.39, 0.29) is 12.4 Å². The van der Waals surface area contributed by atoms with Gasteiger partial charge in [0, 0.05) is 44.0 Å². The number of carbonyl (C=O) groups is 1. The first-order chi connectivity index (χ1) is 13.3. The van der Waals surface area contributed by atoms with Crippen LogP contribution < -0.4 is 10.2 Å². The molecule has 0 bridgehead atoms. The number of aromatic nitrogens is 3. The fourth-order valence-electron chi connectivity index (χ4n) is 3.38. The molecule has 1 aliphatic heterocycles. The molecule has 3 heterocycles. The van der Waals surface area contributed by atoms with E-state index in [0.717, 1.165) is 54.1 Å². The van der Waals surface area contributed by atoms with E-state index < -0.39 is 5.97 Å². The predicted octanol–water partition coefficient (Wildman–Crippen LogP) is 2.64. The molecule has 7 nitrogen and oxygen atoms in total. The smallest absolute Gasteiger partial charge is 0.330 e. The molecule has 0 aliphatic carbocycles. The summed E-state index contributed by atoms with van der Waals surface area (Å²) in [4.78, 5) is 18.4. The zero-order valence-corrected chi connectivity index (χ0v) is 16.3. The molecule has 0 amide bonds. The van der Waals surface area contributed by atoms with E-state index in [1.165, 1.54) is 13.2 Å². The van der Waals surface area contributed by atoms with E-state index in [1.807, 2.05) is 24.4 Å². The van der Waals surface area contributed by atoms with Crippen LogP contribution in [0.1, 0.15) is 5.69 Å². The highest BCUT2D eigenvalue weighted by Crippen LogP contribution is 2.37. The lowest BCUT2D eigenvalue weighted by molar-refractivity contribution is -0.134. The largest absolute Gasteiger partial charge is 0.466 e. The lowest BCUT2D eigenvalue weighted by Crippen LogP contribution is -2.43. The third-order valence-electron chi connectivity index (χ3n) is 4.69. The second kappa shape index (κ2) is 8.86. The number of anilines is 1. The number of carbonyl (C=O) groups excluding carboxylic acids is 1. The molecule has 146 valence electrons. The van der Waals surface area contributed by atoms with Gasteiger partial charge in [-0.15, -0.1) is 12.4 Å². The molecule has 1 saturated heterocycles. The molecule has 8 heteroatoms. The SMILES string of the molecule is COC(=O)C=Cc1[nH]nc2ncc(-c3ccccc3)c(N3CCNCC3)c12.Cl. The molecule has 0 unspecified atom stereocenters. The number of benzene rings is 1. The van der Waals surface area contributed by atoms with E-state index in [1.54, 1.807) is 6.08 Å². The number of piperazine rings is 1. The standard InChI is InChI=1S/C20H21N5O2.ClH/c1-27-17(26)8-7-16-18-19(25-11-9-21-10-12-25)15(13-22-20(18)24-23-16)14-5-3-2-4-6-14;/h2-8,13,21H,9-12H2,1H3,(H,22,23,24);1H. The van der Waals surface area contributed by atoms with Gasteiger partial charge in [0.05, 0.1) is 23.9 Å². The highest BCUT2D eigenvalue weighted by Gasteiger charge is 2.22. The van der Waals surface area contributed by atoms with Crippen molar-refractivity contribution in [1.29, 1.82) is 0 Å². The van der Waals surface area contributed by atoms with Gasteiger partial charge < -0.3 is 15.0 Å². The van der Waals surface area contributed by atoms with Crippen LogP contribution in [0, 0.1) is 0 Å². The Hall–Kier alpha value is -2.90. The summed E-state index contributed by atoms with van der Waals surface area (Å²) in [5.41, 5.74) is 4.62. The number of hydrogen-bond donors (Lipinski definition) is 2. The summed E-state index contributed by atoms with van der Waals surface area (Å²) >= 11 is 0. The maximum absolute atomic E-state index is 11.5. The number of hydrogen-bond acceptors (Lipinski definition) is 6. The molecule has 4 rings (SSSR count). The van der Waals surface area contributed by atoms with E-state index in [4.69, 9.17) is 4.74 Å². The lowest BCUT2D eigenvalue weighted by Gasteiger charge is -2.31. The second-order valence-corrected chi connectivity index (χ2v) is 6.32. The van der Waals surface area contributed by atoms with Crippen LogP contribution in [0.3, 0.4) is 0 Å². The molecule has 0 radical (unpaired) electrons. The lowest BCUT2D eigenvalue weighted by atomic mass is 10.0. The van der Waals surface area contributed by atoms with Crippen molar-refractivity contribution in [3.63, 3.8) is 0 Å². The minimum Gasteiger partial charge on any atom is -0.466 e. The Kier molecular flexibility index (Phi) is 6.28. The third-order valence-corrected chi connectivity index (χ3v) is 4.69. The molecule has 2 aromatic heterocycles. The molecule has 0 saturated carbocycles. The number of aromatic amines is 1. The summed E-state index contributed by atoms with van der Waals surface area (Å²) in [5, 5.41) is 11.6. The number of nitrogens with zero attached hydrogens (tertiary/aromatic N) is 3. The van der Waals surface area contributed by atoms with Crippen molar-refractivity contribution in [2.45, 2.75) is 0 Å². The molecule has 3 aromatic rings. The van der Waals surface area contributed by atoms with Gasteiger partial charge in [0.25, 0.3) is 0 Å². The Morgan fingerprint density at radius 2 is 1.96 bits per heavy atom. The number of halogens is 1. The Labute approximate surface area is 169 Å².